The van der Waals surface area contributed by atoms with Crippen LogP contribution in [0.5, 0.6) is 0 Å². The summed E-state index contributed by atoms with van der Waals surface area (Å²) in [5.41, 5.74) is 2.80. The first-order valence-corrected chi connectivity index (χ1v) is 8.24. The molecule has 0 aliphatic heterocycles. The molecule has 0 aromatic heterocycles. The summed E-state index contributed by atoms with van der Waals surface area (Å²) in [7, 11) is 0. The first-order valence-electron chi connectivity index (χ1n) is 8.24. The van der Waals surface area contributed by atoms with Crippen molar-refractivity contribution in [2.45, 2.75) is 38.1 Å². The van der Waals surface area contributed by atoms with E-state index in [9.17, 15) is 0 Å². The second-order valence-electron chi connectivity index (χ2n) is 6.19. The van der Waals surface area contributed by atoms with Crippen LogP contribution in [0.2, 0.25) is 0 Å². The van der Waals surface area contributed by atoms with Crippen molar-refractivity contribution in [1.29, 1.82) is 0 Å². The van der Waals surface area contributed by atoms with E-state index in [-0.39, 0.29) is 0 Å². The Hall–Kier alpha value is -1.60. The van der Waals surface area contributed by atoms with Gasteiger partial charge in [-0.05, 0) is 42.9 Å². The van der Waals surface area contributed by atoms with E-state index in [4.69, 9.17) is 0 Å². The van der Waals surface area contributed by atoms with Crippen LogP contribution in [0.3, 0.4) is 0 Å². The van der Waals surface area contributed by atoms with E-state index in [2.05, 4.69) is 66.0 Å². The minimum Gasteiger partial charge on any atom is -0.310 e. The molecule has 0 amide bonds. The predicted molar refractivity (Wildman–Crippen MR) is 89.3 cm³/mol. The number of hydrogen-bond acceptors (Lipinski definition) is 1. The highest BCUT2D eigenvalue weighted by Gasteiger charge is 2.20. The zero-order chi connectivity index (χ0) is 14.3. The number of nitrogens with one attached hydrogen (secondary N) is 1. The van der Waals surface area contributed by atoms with Crippen LogP contribution in [0.4, 0.5) is 0 Å². The van der Waals surface area contributed by atoms with Gasteiger partial charge in [0.15, 0.2) is 0 Å². The van der Waals surface area contributed by atoms with E-state index in [1.165, 1.54) is 36.8 Å². The van der Waals surface area contributed by atoms with Crippen molar-refractivity contribution in [3.8, 4) is 0 Å². The summed E-state index contributed by atoms with van der Waals surface area (Å²) in [4.78, 5) is 0. The molecule has 0 saturated heterocycles. The van der Waals surface area contributed by atoms with Crippen LogP contribution in [-0.2, 0) is 6.42 Å². The summed E-state index contributed by atoms with van der Waals surface area (Å²) in [5.74, 6) is 1.04. The fourth-order valence-corrected chi connectivity index (χ4v) is 2.92. The van der Waals surface area contributed by atoms with E-state index < -0.39 is 0 Å². The van der Waals surface area contributed by atoms with Crippen molar-refractivity contribution >= 4 is 0 Å². The van der Waals surface area contributed by atoms with Gasteiger partial charge in [0, 0.05) is 6.04 Å². The Labute approximate surface area is 128 Å². The minimum absolute atomic E-state index is 0.424. The maximum Gasteiger partial charge on any atom is 0.0360 e. The summed E-state index contributed by atoms with van der Waals surface area (Å²) in [5, 5.41) is 3.77. The molecular weight excluding hydrogens is 254 g/mol. The first-order chi connectivity index (χ1) is 10.4. The van der Waals surface area contributed by atoms with E-state index in [1.54, 1.807) is 0 Å². The largest absolute Gasteiger partial charge is 0.310 e. The fourth-order valence-electron chi connectivity index (χ4n) is 2.92. The molecular formula is C20H25N. The van der Waals surface area contributed by atoms with E-state index in [1.807, 2.05) is 0 Å². The molecule has 1 aliphatic carbocycles. The zero-order valence-corrected chi connectivity index (χ0v) is 12.7. The topological polar surface area (TPSA) is 12.0 Å². The van der Waals surface area contributed by atoms with Gasteiger partial charge >= 0.3 is 0 Å². The number of benzene rings is 2. The molecule has 0 spiro atoms. The molecule has 21 heavy (non-hydrogen) atoms. The lowest BCUT2D eigenvalue weighted by Crippen LogP contribution is -2.24. The highest BCUT2D eigenvalue weighted by atomic mass is 14.9. The maximum atomic E-state index is 3.77. The lowest BCUT2D eigenvalue weighted by atomic mass is 9.98. The van der Waals surface area contributed by atoms with Gasteiger partial charge in [-0.1, -0.05) is 73.5 Å². The van der Waals surface area contributed by atoms with Gasteiger partial charge in [-0.2, -0.15) is 0 Å². The molecule has 1 unspecified atom stereocenters. The second kappa shape index (κ2) is 7.42. The monoisotopic (exact) mass is 279 g/mol. The molecule has 1 saturated carbocycles. The molecule has 1 atom stereocenters. The highest BCUT2D eigenvalue weighted by molar-refractivity contribution is 5.23. The van der Waals surface area contributed by atoms with Crippen molar-refractivity contribution in [2.75, 3.05) is 6.54 Å². The minimum atomic E-state index is 0.424. The Morgan fingerprint density at radius 1 is 0.905 bits per heavy atom. The summed E-state index contributed by atoms with van der Waals surface area (Å²) in [6.07, 6.45) is 6.70. The Bertz CT molecular complexity index is 516. The Morgan fingerprint density at radius 3 is 2.24 bits per heavy atom. The van der Waals surface area contributed by atoms with E-state index in [0.29, 0.717) is 6.04 Å². The number of rotatable bonds is 8. The molecule has 2 aromatic rings. The van der Waals surface area contributed by atoms with Crippen molar-refractivity contribution < 1.29 is 0 Å². The summed E-state index contributed by atoms with van der Waals surface area (Å²) >= 11 is 0. The van der Waals surface area contributed by atoms with Crippen LogP contribution in [-0.4, -0.2) is 6.54 Å². The highest BCUT2D eigenvalue weighted by Crippen LogP contribution is 2.33. The lowest BCUT2D eigenvalue weighted by molar-refractivity contribution is 0.503. The predicted octanol–water partition coefficient (Wildman–Crippen LogP) is 4.75. The van der Waals surface area contributed by atoms with Crippen LogP contribution in [0.15, 0.2) is 60.7 Å². The average molecular weight is 279 g/mol. The Morgan fingerprint density at radius 2 is 1.57 bits per heavy atom. The quantitative estimate of drug-likeness (QED) is 0.688. The van der Waals surface area contributed by atoms with Gasteiger partial charge in [0.2, 0.25) is 0 Å². The number of hydrogen-bond donors (Lipinski definition) is 1. The third kappa shape index (κ3) is 4.71. The van der Waals surface area contributed by atoms with Gasteiger partial charge in [-0.3, -0.25) is 0 Å². The molecule has 0 heterocycles. The molecule has 1 nitrogen and oxygen atoms in total. The lowest BCUT2D eigenvalue weighted by Gasteiger charge is -2.19. The summed E-state index contributed by atoms with van der Waals surface area (Å²) in [6.45, 7) is 1.13. The second-order valence-corrected chi connectivity index (χ2v) is 6.19. The Balaban J connectivity index is 1.59. The molecule has 2 aromatic carbocycles. The first kappa shape index (κ1) is 14.3. The third-order valence-corrected chi connectivity index (χ3v) is 4.36. The Kier molecular flexibility index (Phi) is 5.07. The third-order valence-electron chi connectivity index (χ3n) is 4.36. The van der Waals surface area contributed by atoms with Gasteiger partial charge < -0.3 is 5.32 Å². The van der Waals surface area contributed by atoms with Crippen LogP contribution in [0.25, 0.3) is 0 Å². The van der Waals surface area contributed by atoms with Crippen molar-refractivity contribution in [2.24, 2.45) is 5.92 Å². The van der Waals surface area contributed by atoms with E-state index in [0.717, 1.165) is 18.9 Å². The van der Waals surface area contributed by atoms with Crippen molar-refractivity contribution in [1.82, 2.24) is 5.32 Å². The molecule has 1 heteroatoms. The van der Waals surface area contributed by atoms with Crippen LogP contribution in [0, 0.1) is 5.92 Å². The molecule has 0 bridgehead atoms. The van der Waals surface area contributed by atoms with Crippen LogP contribution in [0.1, 0.15) is 42.9 Å². The summed E-state index contributed by atoms with van der Waals surface area (Å²) < 4.78 is 0. The fraction of sp³-hybridized carbons (Fsp3) is 0.400. The van der Waals surface area contributed by atoms with Gasteiger partial charge in [0.05, 0.1) is 0 Å². The maximum absolute atomic E-state index is 3.77. The molecule has 3 rings (SSSR count). The standard InChI is InChI=1S/C20H25N/c1-3-8-18(9-4-1)16-20(19-11-5-2-6-12-19)21-15-7-10-17-13-14-17/h1-6,8-9,11-12,17,20-21H,7,10,13-16H2. The smallest absolute Gasteiger partial charge is 0.0360 e. The average Bonchev–Trinajstić information content (AvgIpc) is 3.36. The van der Waals surface area contributed by atoms with Gasteiger partial charge in [-0.25, -0.2) is 0 Å². The molecule has 1 fully saturated rings. The van der Waals surface area contributed by atoms with Gasteiger partial charge in [0.25, 0.3) is 0 Å². The molecule has 1 N–H and O–H groups in total. The van der Waals surface area contributed by atoms with Gasteiger partial charge in [-0.15, -0.1) is 0 Å². The van der Waals surface area contributed by atoms with Crippen molar-refractivity contribution in [3.05, 3.63) is 71.8 Å². The van der Waals surface area contributed by atoms with E-state index >= 15 is 0 Å². The van der Waals surface area contributed by atoms with Crippen LogP contribution < -0.4 is 5.32 Å². The molecule has 110 valence electrons. The SMILES string of the molecule is c1ccc(CC(NCCCC2CC2)c2ccccc2)cc1. The van der Waals surface area contributed by atoms with Crippen LogP contribution >= 0.6 is 0 Å². The van der Waals surface area contributed by atoms with Crippen molar-refractivity contribution in [3.63, 3.8) is 0 Å². The molecule has 1 aliphatic rings. The zero-order valence-electron chi connectivity index (χ0n) is 12.7. The normalized spacial score (nSPS) is 15.8. The molecule has 0 radical (unpaired) electrons. The van der Waals surface area contributed by atoms with Gasteiger partial charge in [0.1, 0.15) is 0 Å². The summed E-state index contributed by atoms with van der Waals surface area (Å²) in [6, 6.07) is 22.1.